The number of rotatable bonds is 7. The van der Waals surface area contributed by atoms with Crippen LogP contribution in [-0.2, 0) is 34.1 Å². The van der Waals surface area contributed by atoms with Gasteiger partial charge in [0.15, 0.2) is 23.9 Å². The highest BCUT2D eigenvalue weighted by Gasteiger charge is 2.50. The minimum absolute atomic E-state index is 0.181. The lowest BCUT2D eigenvalue weighted by molar-refractivity contribution is -0.190. The maximum atomic E-state index is 13.7. The molecule has 0 saturated carbocycles. The first-order chi connectivity index (χ1) is 18.8. The first kappa shape index (κ1) is 27.4. The maximum Gasteiger partial charge on any atom is 0.409 e. The van der Waals surface area contributed by atoms with Crippen LogP contribution in [0.3, 0.4) is 0 Å². The summed E-state index contributed by atoms with van der Waals surface area (Å²) >= 11 is 0. The second kappa shape index (κ2) is 12.2. The van der Waals surface area contributed by atoms with Crippen LogP contribution in [0.4, 0.5) is 4.79 Å². The van der Waals surface area contributed by atoms with Gasteiger partial charge in [-0.3, -0.25) is 14.4 Å². The standard InChI is InChI=1S/C30H28N2O7/c1-20(33)37-25-19-36-28(31-3)26(27(25)38-21(2)34)32-29(35)39-30(22-13-7-4-8-14-22,23-15-9-5-10-16-23)24-17-11-6-12-18-24/h4-18,25-28H,19H2,1-2H3,(H,32,35)/t25-,26-,27+,28-/m1/s1. The molecule has 0 spiro atoms. The van der Waals surface area contributed by atoms with E-state index in [1.165, 1.54) is 13.8 Å². The van der Waals surface area contributed by atoms with Crippen molar-refractivity contribution in [2.75, 3.05) is 6.61 Å². The third-order valence-electron chi connectivity index (χ3n) is 6.28. The molecule has 3 aromatic rings. The van der Waals surface area contributed by atoms with Crippen molar-refractivity contribution in [1.29, 1.82) is 0 Å². The van der Waals surface area contributed by atoms with Gasteiger partial charge in [-0.15, -0.1) is 0 Å². The summed E-state index contributed by atoms with van der Waals surface area (Å²) in [7, 11) is 0. The molecule has 1 aliphatic heterocycles. The van der Waals surface area contributed by atoms with Crippen LogP contribution in [0.1, 0.15) is 30.5 Å². The van der Waals surface area contributed by atoms with Gasteiger partial charge in [0.25, 0.3) is 0 Å². The molecule has 3 aromatic carbocycles. The van der Waals surface area contributed by atoms with Crippen molar-refractivity contribution < 1.29 is 33.3 Å². The highest BCUT2D eigenvalue weighted by molar-refractivity contribution is 5.71. The van der Waals surface area contributed by atoms with E-state index in [0.717, 1.165) is 0 Å². The molecule has 200 valence electrons. The van der Waals surface area contributed by atoms with Crippen molar-refractivity contribution in [3.05, 3.63) is 119 Å². The zero-order chi connectivity index (χ0) is 27.8. The highest BCUT2D eigenvalue weighted by Crippen LogP contribution is 2.40. The van der Waals surface area contributed by atoms with Crippen LogP contribution < -0.4 is 5.32 Å². The number of carbonyl (C=O) groups is 3. The number of ether oxygens (including phenoxy) is 4. The summed E-state index contributed by atoms with van der Waals surface area (Å²) < 4.78 is 22.6. The summed E-state index contributed by atoms with van der Waals surface area (Å²) in [5.74, 6) is -1.30. The maximum absolute atomic E-state index is 13.7. The second-order valence-electron chi connectivity index (χ2n) is 8.91. The Morgan fingerprint density at radius 2 is 1.28 bits per heavy atom. The van der Waals surface area contributed by atoms with Crippen molar-refractivity contribution in [3.8, 4) is 0 Å². The van der Waals surface area contributed by atoms with E-state index in [0.29, 0.717) is 16.7 Å². The largest absolute Gasteiger partial charge is 0.456 e. The SMILES string of the molecule is [C-]#[N+][C@@H]1OC[C@@H](OC(C)=O)[C@H](OC(C)=O)[C@H]1NC(=O)OC(c1ccccc1)(c1ccccc1)c1ccccc1. The fourth-order valence-corrected chi connectivity index (χ4v) is 4.71. The number of amides is 1. The Bertz CT molecular complexity index is 1230. The Balaban J connectivity index is 1.76. The number of esters is 2. The van der Waals surface area contributed by atoms with Gasteiger partial charge in [0.05, 0.1) is 6.61 Å². The van der Waals surface area contributed by atoms with Crippen LogP contribution in [0.15, 0.2) is 91.0 Å². The molecule has 9 heteroatoms. The predicted molar refractivity (Wildman–Crippen MR) is 140 cm³/mol. The van der Waals surface area contributed by atoms with Crippen LogP contribution in [0.2, 0.25) is 0 Å². The summed E-state index contributed by atoms with van der Waals surface area (Å²) in [6.07, 6.45) is -4.31. The van der Waals surface area contributed by atoms with Gasteiger partial charge in [-0.2, -0.15) is 0 Å². The number of nitrogens with zero attached hydrogens (tertiary/aromatic N) is 1. The Kier molecular flexibility index (Phi) is 8.59. The Labute approximate surface area is 226 Å². The molecule has 4 atom stereocenters. The van der Waals surface area contributed by atoms with Crippen molar-refractivity contribution in [2.24, 2.45) is 0 Å². The monoisotopic (exact) mass is 528 g/mol. The van der Waals surface area contributed by atoms with Crippen LogP contribution in [0.5, 0.6) is 0 Å². The van der Waals surface area contributed by atoms with E-state index < -0.39 is 48.1 Å². The Morgan fingerprint density at radius 3 is 1.69 bits per heavy atom. The van der Waals surface area contributed by atoms with E-state index in [1.807, 2.05) is 91.0 Å². The average Bonchev–Trinajstić information content (AvgIpc) is 2.94. The van der Waals surface area contributed by atoms with Crippen LogP contribution >= 0.6 is 0 Å². The van der Waals surface area contributed by atoms with Gasteiger partial charge in [-0.05, 0) is 0 Å². The normalized spacial score (nSPS) is 20.6. The molecular weight excluding hydrogens is 500 g/mol. The molecule has 9 nitrogen and oxygen atoms in total. The molecule has 1 amide bonds. The molecule has 0 aliphatic carbocycles. The number of hydrogen-bond acceptors (Lipinski definition) is 7. The van der Waals surface area contributed by atoms with Crippen LogP contribution in [0, 0.1) is 6.57 Å². The second-order valence-corrected chi connectivity index (χ2v) is 8.91. The van der Waals surface area contributed by atoms with E-state index in [1.54, 1.807) is 0 Å². The molecular formula is C30H28N2O7. The minimum Gasteiger partial charge on any atom is -0.456 e. The van der Waals surface area contributed by atoms with Crippen molar-refractivity contribution in [2.45, 2.75) is 43.9 Å². The van der Waals surface area contributed by atoms with Gasteiger partial charge in [0.2, 0.25) is 0 Å². The molecule has 0 bridgehead atoms. The Hall–Kier alpha value is -4.68. The molecule has 1 saturated heterocycles. The summed E-state index contributed by atoms with van der Waals surface area (Å²) in [4.78, 5) is 40.8. The first-order valence-corrected chi connectivity index (χ1v) is 12.3. The van der Waals surface area contributed by atoms with E-state index in [4.69, 9.17) is 25.5 Å². The van der Waals surface area contributed by atoms with E-state index in [-0.39, 0.29) is 6.61 Å². The molecule has 1 aliphatic rings. The number of alkyl carbamates (subject to hydrolysis) is 1. The van der Waals surface area contributed by atoms with E-state index >= 15 is 0 Å². The van der Waals surface area contributed by atoms with Crippen LogP contribution in [-0.4, -0.2) is 49.1 Å². The summed E-state index contributed by atoms with van der Waals surface area (Å²) in [5, 5.41) is 2.67. The summed E-state index contributed by atoms with van der Waals surface area (Å²) in [6, 6.07) is 26.7. The summed E-state index contributed by atoms with van der Waals surface area (Å²) in [5.41, 5.74) is 0.693. The average molecular weight is 529 g/mol. The van der Waals surface area contributed by atoms with Gasteiger partial charge in [0.1, 0.15) is 0 Å². The quantitative estimate of drug-likeness (QED) is 0.212. The third kappa shape index (κ3) is 6.08. The minimum atomic E-state index is -1.37. The fourth-order valence-electron chi connectivity index (χ4n) is 4.71. The molecule has 0 aromatic heterocycles. The highest BCUT2D eigenvalue weighted by atomic mass is 16.6. The lowest BCUT2D eigenvalue weighted by Gasteiger charge is -2.38. The topological polar surface area (TPSA) is 105 Å². The number of hydrogen-bond donors (Lipinski definition) is 1. The summed E-state index contributed by atoms with van der Waals surface area (Å²) in [6.45, 7) is 9.81. The molecule has 4 rings (SSSR count). The van der Waals surface area contributed by atoms with Crippen LogP contribution in [0.25, 0.3) is 4.85 Å². The number of benzene rings is 3. The molecule has 39 heavy (non-hydrogen) atoms. The third-order valence-corrected chi connectivity index (χ3v) is 6.28. The smallest absolute Gasteiger partial charge is 0.409 e. The van der Waals surface area contributed by atoms with Crippen molar-refractivity contribution in [1.82, 2.24) is 5.32 Å². The fraction of sp³-hybridized carbons (Fsp3) is 0.267. The predicted octanol–water partition coefficient (Wildman–Crippen LogP) is 4.21. The van der Waals surface area contributed by atoms with Gasteiger partial charge in [-0.25, -0.2) is 11.4 Å². The zero-order valence-corrected chi connectivity index (χ0v) is 21.5. The van der Waals surface area contributed by atoms with Crippen molar-refractivity contribution in [3.63, 3.8) is 0 Å². The first-order valence-electron chi connectivity index (χ1n) is 12.3. The van der Waals surface area contributed by atoms with Crippen molar-refractivity contribution >= 4 is 18.0 Å². The Morgan fingerprint density at radius 1 is 0.821 bits per heavy atom. The molecule has 1 heterocycles. The molecule has 1 N–H and O–H groups in total. The van der Waals surface area contributed by atoms with Gasteiger partial charge in [-0.1, -0.05) is 91.0 Å². The number of nitrogens with one attached hydrogen (secondary N) is 1. The van der Waals surface area contributed by atoms with Gasteiger partial charge in [0, 0.05) is 30.5 Å². The zero-order valence-electron chi connectivity index (χ0n) is 21.5. The molecule has 0 radical (unpaired) electrons. The van der Waals surface area contributed by atoms with Gasteiger partial charge < -0.3 is 24.3 Å². The lowest BCUT2D eigenvalue weighted by atomic mass is 9.80. The molecule has 1 fully saturated rings. The lowest BCUT2D eigenvalue weighted by Crippen LogP contribution is -2.62. The number of carbonyl (C=O) groups excluding carboxylic acids is 3. The van der Waals surface area contributed by atoms with E-state index in [9.17, 15) is 14.4 Å². The van der Waals surface area contributed by atoms with Gasteiger partial charge >= 0.3 is 24.3 Å². The molecule has 0 unspecified atom stereocenters. The van der Waals surface area contributed by atoms with E-state index in [2.05, 4.69) is 10.2 Å².